The molecule has 0 aromatic carbocycles. The maximum atomic E-state index is 5.92. The first-order valence-electron chi connectivity index (χ1n) is 7.67. The number of hydrogen-bond donors (Lipinski definition) is 1. The minimum absolute atomic E-state index is 0.385. The monoisotopic (exact) mass is 276 g/mol. The summed E-state index contributed by atoms with van der Waals surface area (Å²) >= 11 is 0. The molecule has 2 atom stereocenters. The summed E-state index contributed by atoms with van der Waals surface area (Å²) in [5.41, 5.74) is 1.15. The molecule has 20 heavy (non-hydrogen) atoms. The molecule has 5 nitrogen and oxygen atoms in total. The number of anilines is 2. The van der Waals surface area contributed by atoms with Gasteiger partial charge in [0.1, 0.15) is 17.5 Å². The summed E-state index contributed by atoms with van der Waals surface area (Å²) in [6.45, 7) is 6.19. The van der Waals surface area contributed by atoms with Crippen LogP contribution in [0.3, 0.4) is 0 Å². The van der Waals surface area contributed by atoms with Gasteiger partial charge in [0, 0.05) is 32.1 Å². The van der Waals surface area contributed by atoms with Crippen LogP contribution in [-0.2, 0) is 11.2 Å². The van der Waals surface area contributed by atoms with Gasteiger partial charge in [0.25, 0.3) is 0 Å². The Morgan fingerprint density at radius 2 is 1.95 bits per heavy atom. The van der Waals surface area contributed by atoms with E-state index in [2.05, 4.69) is 29.0 Å². The SMILES string of the molecule is CCCc1nc(NC)c(C)c(N2CC3CCC(C2)O3)n1. The van der Waals surface area contributed by atoms with Crippen molar-refractivity contribution in [3.8, 4) is 0 Å². The molecule has 0 spiro atoms. The number of aryl methyl sites for hydroxylation is 1. The summed E-state index contributed by atoms with van der Waals surface area (Å²) in [7, 11) is 1.93. The van der Waals surface area contributed by atoms with Gasteiger partial charge in [-0.1, -0.05) is 6.92 Å². The number of nitrogens with zero attached hydrogens (tertiary/aromatic N) is 3. The molecule has 0 radical (unpaired) electrons. The molecular weight excluding hydrogens is 252 g/mol. The number of aromatic nitrogens is 2. The summed E-state index contributed by atoms with van der Waals surface area (Å²) in [5.74, 6) is 2.99. The number of nitrogens with one attached hydrogen (secondary N) is 1. The fourth-order valence-corrected chi connectivity index (χ4v) is 3.22. The van der Waals surface area contributed by atoms with E-state index in [1.165, 1.54) is 12.8 Å². The molecule has 2 bridgehead atoms. The minimum Gasteiger partial charge on any atom is -0.373 e. The highest BCUT2D eigenvalue weighted by Crippen LogP contribution is 2.31. The first-order chi connectivity index (χ1) is 9.71. The number of ether oxygens (including phenoxy) is 1. The molecule has 2 aliphatic heterocycles. The first kappa shape index (κ1) is 13.6. The Kier molecular flexibility index (Phi) is 3.78. The van der Waals surface area contributed by atoms with E-state index in [0.29, 0.717) is 12.2 Å². The fourth-order valence-electron chi connectivity index (χ4n) is 3.22. The van der Waals surface area contributed by atoms with Crippen LogP contribution in [0.4, 0.5) is 11.6 Å². The van der Waals surface area contributed by atoms with Gasteiger partial charge >= 0.3 is 0 Å². The van der Waals surface area contributed by atoms with Crippen molar-refractivity contribution >= 4 is 11.6 Å². The zero-order chi connectivity index (χ0) is 14.1. The molecule has 3 heterocycles. The normalized spacial score (nSPS) is 25.1. The topological polar surface area (TPSA) is 50.3 Å². The molecule has 1 aromatic heterocycles. The molecule has 2 aliphatic rings. The number of hydrogen-bond acceptors (Lipinski definition) is 5. The second-order valence-electron chi connectivity index (χ2n) is 5.80. The predicted octanol–water partition coefficient (Wildman–Crippen LogP) is 2.15. The number of fused-ring (bicyclic) bond motifs is 2. The second-order valence-corrected chi connectivity index (χ2v) is 5.80. The van der Waals surface area contributed by atoms with Crippen molar-refractivity contribution < 1.29 is 4.74 Å². The van der Waals surface area contributed by atoms with Crippen molar-refractivity contribution in [2.45, 2.75) is 51.7 Å². The molecule has 0 aliphatic carbocycles. The second kappa shape index (κ2) is 5.56. The summed E-state index contributed by atoms with van der Waals surface area (Å²) in [5, 5.41) is 3.20. The lowest BCUT2D eigenvalue weighted by atomic mass is 10.2. The van der Waals surface area contributed by atoms with Crippen molar-refractivity contribution in [3.05, 3.63) is 11.4 Å². The summed E-state index contributed by atoms with van der Waals surface area (Å²) in [6, 6.07) is 0. The van der Waals surface area contributed by atoms with Crippen molar-refractivity contribution in [1.29, 1.82) is 0 Å². The van der Waals surface area contributed by atoms with Crippen molar-refractivity contribution in [2.75, 3.05) is 30.4 Å². The molecule has 1 aromatic rings. The predicted molar refractivity (Wildman–Crippen MR) is 80.4 cm³/mol. The first-order valence-corrected chi connectivity index (χ1v) is 7.67. The average Bonchev–Trinajstić information content (AvgIpc) is 2.79. The highest BCUT2D eigenvalue weighted by molar-refractivity contribution is 5.59. The molecule has 2 saturated heterocycles. The van der Waals surface area contributed by atoms with Gasteiger partial charge < -0.3 is 15.0 Å². The van der Waals surface area contributed by atoms with Crippen LogP contribution in [-0.4, -0.2) is 42.3 Å². The van der Waals surface area contributed by atoms with E-state index < -0.39 is 0 Å². The molecule has 2 unspecified atom stereocenters. The highest BCUT2D eigenvalue weighted by atomic mass is 16.5. The molecule has 5 heteroatoms. The quantitative estimate of drug-likeness (QED) is 0.913. The van der Waals surface area contributed by atoms with Gasteiger partial charge in [0.15, 0.2) is 0 Å². The van der Waals surface area contributed by atoms with E-state index in [-0.39, 0.29) is 0 Å². The molecule has 110 valence electrons. The molecule has 1 N–H and O–H groups in total. The van der Waals surface area contributed by atoms with Crippen molar-refractivity contribution in [3.63, 3.8) is 0 Å². The van der Waals surface area contributed by atoms with E-state index in [1.807, 2.05) is 7.05 Å². The van der Waals surface area contributed by atoms with Gasteiger partial charge in [-0.25, -0.2) is 9.97 Å². The number of rotatable bonds is 4. The van der Waals surface area contributed by atoms with Crippen molar-refractivity contribution in [2.24, 2.45) is 0 Å². The molecule has 2 fully saturated rings. The average molecular weight is 276 g/mol. The van der Waals surface area contributed by atoms with Gasteiger partial charge in [-0.2, -0.15) is 0 Å². The van der Waals surface area contributed by atoms with Gasteiger partial charge in [-0.15, -0.1) is 0 Å². The highest BCUT2D eigenvalue weighted by Gasteiger charge is 2.35. The van der Waals surface area contributed by atoms with Crippen LogP contribution in [0.5, 0.6) is 0 Å². The van der Waals surface area contributed by atoms with Gasteiger partial charge in [0.05, 0.1) is 12.2 Å². The van der Waals surface area contributed by atoms with E-state index >= 15 is 0 Å². The van der Waals surface area contributed by atoms with E-state index in [4.69, 9.17) is 9.72 Å². The maximum absolute atomic E-state index is 5.92. The Labute approximate surface area is 120 Å². The standard InChI is InChI=1S/C15H24N4O/c1-4-5-13-17-14(16-3)10(2)15(18-13)19-8-11-6-7-12(9-19)20-11/h11-12H,4-9H2,1-3H3,(H,16,17,18). The minimum atomic E-state index is 0.385. The Balaban J connectivity index is 1.92. The molecular formula is C15H24N4O. The van der Waals surface area contributed by atoms with Gasteiger partial charge in [-0.05, 0) is 26.2 Å². The maximum Gasteiger partial charge on any atom is 0.137 e. The summed E-state index contributed by atoms with van der Waals surface area (Å²) in [6.07, 6.45) is 5.14. The van der Waals surface area contributed by atoms with Crippen LogP contribution in [0, 0.1) is 6.92 Å². The van der Waals surface area contributed by atoms with Crippen LogP contribution in [0.2, 0.25) is 0 Å². The lowest BCUT2D eigenvalue weighted by Crippen LogP contribution is -2.43. The summed E-state index contributed by atoms with van der Waals surface area (Å²) < 4.78 is 5.92. The Morgan fingerprint density at radius 3 is 2.55 bits per heavy atom. The Morgan fingerprint density at radius 1 is 1.25 bits per heavy atom. The van der Waals surface area contributed by atoms with Gasteiger partial charge in [0.2, 0.25) is 0 Å². The largest absolute Gasteiger partial charge is 0.373 e. The third-order valence-corrected chi connectivity index (χ3v) is 4.22. The smallest absolute Gasteiger partial charge is 0.137 e. The molecule has 0 amide bonds. The van der Waals surface area contributed by atoms with Crippen LogP contribution in [0.25, 0.3) is 0 Å². The zero-order valence-corrected chi connectivity index (χ0v) is 12.6. The fraction of sp³-hybridized carbons (Fsp3) is 0.733. The zero-order valence-electron chi connectivity index (χ0n) is 12.6. The van der Waals surface area contributed by atoms with Crippen LogP contribution < -0.4 is 10.2 Å². The lowest BCUT2D eigenvalue weighted by molar-refractivity contribution is 0.0301. The third kappa shape index (κ3) is 2.46. The van der Waals surface area contributed by atoms with Crippen LogP contribution in [0.1, 0.15) is 37.6 Å². The summed E-state index contributed by atoms with van der Waals surface area (Å²) in [4.78, 5) is 11.8. The van der Waals surface area contributed by atoms with E-state index in [9.17, 15) is 0 Å². The van der Waals surface area contributed by atoms with Crippen molar-refractivity contribution in [1.82, 2.24) is 9.97 Å². The lowest BCUT2D eigenvalue weighted by Gasteiger charge is -2.34. The molecule has 3 rings (SSSR count). The third-order valence-electron chi connectivity index (χ3n) is 4.22. The Hall–Kier alpha value is -1.36. The van der Waals surface area contributed by atoms with E-state index in [1.54, 1.807) is 0 Å². The van der Waals surface area contributed by atoms with Gasteiger partial charge in [-0.3, -0.25) is 0 Å². The Bertz CT molecular complexity index is 479. The number of morpholine rings is 1. The van der Waals surface area contributed by atoms with Crippen LogP contribution >= 0.6 is 0 Å². The molecule has 0 saturated carbocycles. The van der Waals surface area contributed by atoms with E-state index in [0.717, 1.165) is 49.0 Å². The van der Waals surface area contributed by atoms with Crippen LogP contribution in [0.15, 0.2) is 0 Å².